The van der Waals surface area contributed by atoms with E-state index >= 15 is 0 Å². The summed E-state index contributed by atoms with van der Waals surface area (Å²) in [5.41, 5.74) is 7.48. The van der Waals surface area contributed by atoms with Crippen LogP contribution in [0.1, 0.15) is 15.9 Å². The minimum absolute atomic E-state index is 0.193. The number of amides is 1. The molecule has 0 saturated heterocycles. The Kier molecular flexibility index (Phi) is 4.72. The first kappa shape index (κ1) is 14.6. The highest BCUT2D eigenvalue weighted by Gasteiger charge is 2.12. The van der Waals surface area contributed by atoms with Crippen molar-refractivity contribution in [3.05, 3.63) is 49.0 Å². The molecule has 0 unspecified atom stereocenters. The molecular formula is C12H8Br2N2OS2. The molecule has 0 spiro atoms. The van der Waals surface area contributed by atoms with Gasteiger partial charge in [-0.05, 0) is 40.2 Å². The molecule has 3 N–H and O–H groups in total. The zero-order chi connectivity index (χ0) is 14.0. The molecule has 1 heterocycles. The fourth-order valence-electron chi connectivity index (χ4n) is 1.45. The van der Waals surface area contributed by atoms with Gasteiger partial charge in [0.1, 0.15) is 4.99 Å². The van der Waals surface area contributed by atoms with E-state index in [2.05, 4.69) is 37.2 Å². The molecule has 7 heteroatoms. The number of nitrogens with one attached hydrogen (secondary N) is 1. The first-order valence-corrected chi connectivity index (χ1v) is 7.99. The topological polar surface area (TPSA) is 55.1 Å². The lowest BCUT2D eigenvalue weighted by molar-refractivity contribution is 0.102. The van der Waals surface area contributed by atoms with Crippen LogP contribution in [0.15, 0.2) is 37.9 Å². The molecule has 1 aromatic carbocycles. The van der Waals surface area contributed by atoms with Crippen LogP contribution in [0, 0.1) is 0 Å². The first-order valence-electron chi connectivity index (χ1n) is 5.12. The molecule has 0 saturated carbocycles. The van der Waals surface area contributed by atoms with Gasteiger partial charge in [0.05, 0.1) is 15.0 Å². The van der Waals surface area contributed by atoms with Crippen LogP contribution in [-0.4, -0.2) is 10.9 Å². The Morgan fingerprint density at radius 2 is 2.05 bits per heavy atom. The van der Waals surface area contributed by atoms with Crippen LogP contribution in [0.3, 0.4) is 0 Å². The number of carbonyl (C=O) groups excluding carboxylic acids is 1. The number of anilines is 1. The lowest BCUT2D eigenvalue weighted by Crippen LogP contribution is -2.17. The number of benzene rings is 1. The van der Waals surface area contributed by atoms with Crippen LogP contribution < -0.4 is 11.1 Å². The van der Waals surface area contributed by atoms with Gasteiger partial charge >= 0.3 is 0 Å². The molecule has 2 rings (SSSR count). The van der Waals surface area contributed by atoms with Gasteiger partial charge in [0, 0.05) is 15.4 Å². The summed E-state index contributed by atoms with van der Waals surface area (Å²) in [5.74, 6) is -0.193. The highest BCUT2D eigenvalue weighted by Crippen LogP contribution is 2.24. The van der Waals surface area contributed by atoms with Gasteiger partial charge in [0.25, 0.3) is 5.91 Å². The van der Waals surface area contributed by atoms with Crippen LogP contribution in [-0.2, 0) is 0 Å². The minimum Gasteiger partial charge on any atom is -0.389 e. The predicted octanol–water partition coefficient (Wildman–Crippen LogP) is 4.16. The smallest absolute Gasteiger partial charge is 0.256 e. The van der Waals surface area contributed by atoms with Crippen molar-refractivity contribution in [1.29, 1.82) is 0 Å². The Balaban J connectivity index is 2.28. The van der Waals surface area contributed by atoms with Gasteiger partial charge in [-0.2, -0.15) is 0 Å². The molecule has 0 bridgehead atoms. The molecule has 0 fully saturated rings. The zero-order valence-electron chi connectivity index (χ0n) is 9.44. The predicted molar refractivity (Wildman–Crippen MR) is 90.0 cm³/mol. The number of hydrogen-bond donors (Lipinski definition) is 2. The van der Waals surface area contributed by atoms with Gasteiger partial charge in [-0.15, -0.1) is 11.3 Å². The van der Waals surface area contributed by atoms with Crippen LogP contribution in [0.5, 0.6) is 0 Å². The monoisotopic (exact) mass is 418 g/mol. The lowest BCUT2D eigenvalue weighted by atomic mass is 10.1. The van der Waals surface area contributed by atoms with E-state index in [1.54, 1.807) is 23.6 Å². The molecule has 19 heavy (non-hydrogen) atoms. The third-order valence-electron chi connectivity index (χ3n) is 2.32. The van der Waals surface area contributed by atoms with E-state index in [-0.39, 0.29) is 10.9 Å². The maximum Gasteiger partial charge on any atom is 0.256 e. The molecule has 98 valence electrons. The van der Waals surface area contributed by atoms with Crippen molar-refractivity contribution in [3.8, 4) is 0 Å². The molecule has 0 atom stereocenters. The van der Waals surface area contributed by atoms with Crippen LogP contribution in [0.25, 0.3) is 0 Å². The molecule has 1 aromatic heterocycles. The van der Waals surface area contributed by atoms with Gasteiger partial charge in [-0.3, -0.25) is 4.79 Å². The molecular weight excluding hydrogens is 412 g/mol. The van der Waals surface area contributed by atoms with Crippen molar-refractivity contribution >= 4 is 72.0 Å². The summed E-state index contributed by atoms with van der Waals surface area (Å²) in [7, 11) is 0. The average molecular weight is 420 g/mol. The number of rotatable bonds is 3. The van der Waals surface area contributed by atoms with E-state index in [0.717, 1.165) is 8.26 Å². The second kappa shape index (κ2) is 6.13. The third-order valence-corrected chi connectivity index (χ3v) is 4.54. The normalized spacial score (nSPS) is 10.2. The van der Waals surface area contributed by atoms with Crippen molar-refractivity contribution < 1.29 is 4.79 Å². The third kappa shape index (κ3) is 3.62. The van der Waals surface area contributed by atoms with E-state index in [0.29, 0.717) is 16.8 Å². The van der Waals surface area contributed by atoms with Crippen molar-refractivity contribution in [2.45, 2.75) is 0 Å². The van der Waals surface area contributed by atoms with Crippen molar-refractivity contribution in [1.82, 2.24) is 0 Å². The summed E-state index contributed by atoms with van der Waals surface area (Å²) in [6, 6.07) is 7.12. The van der Waals surface area contributed by atoms with E-state index in [4.69, 9.17) is 18.0 Å². The van der Waals surface area contributed by atoms with Gasteiger partial charge in [0.2, 0.25) is 0 Å². The molecule has 0 radical (unpaired) electrons. The molecule has 3 nitrogen and oxygen atoms in total. The Morgan fingerprint density at radius 3 is 2.63 bits per heavy atom. The number of halogens is 2. The van der Waals surface area contributed by atoms with Gasteiger partial charge < -0.3 is 11.1 Å². The Morgan fingerprint density at radius 1 is 1.32 bits per heavy atom. The molecule has 2 aromatic rings. The van der Waals surface area contributed by atoms with Gasteiger partial charge in [-0.1, -0.05) is 28.1 Å². The maximum atomic E-state index is 12.1. The average Bonchev–Trinajstić information content (AvgIpc) is 2.78. The Bertz CT molecular complexity index is 655. The highest BCUT2D eigenvalue weighted by atomic mass is 79.9. The zero-order valence-corrected chi connectivity index (χ0v) is 14.2. The second-order valence-corrected chi connectivity index (χ2v) is 7.29. The number of thiocarbonyl (C=S) groups is 1. The molecule has 0 aliphatic carbocycles. The summed E-state index contributed by atoms with van der Waals surface area (Å²) in [5, 5.41) is 4.58. The minimum atomic E-state index is -0.193. The van der Waals surface area contributed by atoms with Crippen molar-refractivity contribution in [3.63, 3.8) is 0 Å². The largest absolute Gasteiger partial charge is 0.389 e. The van der Waals surface area contributed by atoms with Crippen LogP contribution >= 0.6 is 55.4 Å². The van der Waals surface area contributed by atoms with E-state index in [1.165, 1.54) is 11.3 Å². The molecule has 0 aliphatic heterocycles. The van der Waals surface area contributed by atoms with Crippen molar-refractivity contribution in [2.24, 2.45) is 5.73 Å². The summed E-state index contributed by atoms with van der Waals surface area (Å²) >= 11 is 13.1. The second-order valence-electron chi connectivity index (χ2n) is 3.65. The summed E-state index contributed by atoms with van der Waals surface area (Å²) < 4.78 is 1.76. The number of carbonyl (C=O) groups is 1. The van der Waals surface area contributed by atoms with Gasteiger partial charge in [0.15, 0.2) is 0 Å². The fraction of sp³-hybridized carbons (Fsp3) is 0. The summed E-state index contributed by atoms with van der Waals surface area (Å²) in [6.07, 6.45) is 0. The summed E-state index contributed by atoms with van der Waals surface area (Å²) in [4.78, 5) is 12.3. The molecule has 0 aliphatic rings. The standard InChI is InChI=1S/C12H8Br2N2OS2/c13-7-1-2-9(8(4-7)11(15)18)16-12(17)6-3-10(14)19-5-6/h1-5H,(H2,15,18)(H,16,17). The first-order chi connectivity index (χ1) is 8.97. The van der Waals surface area contributed by atoms with Crippen molar-refractivity contribution in [2.75, 3.05) is 5.32 Å². The van der Waals surface area contributed by atoms with Crippen LogP contribution in [0.2, 0.25) is 0 Å². The number of nitrogens with two attached hydrogens (primary N) is 1. The summed E-state index contributed by atoms with van der Waals surface area (Å²) in [6.45, 7) is 0. The highest BCUT2D eigenvalue weighted by molar-refractivity contribution is 9.11. The molecule has 1 amide bonds. The Hall–Kier alpha value is -0.760. The van der Waals surface area contributed by atoms with Gasteiger partial charge in [-0.25, -0.2) is 0 Å². The maximum absolute atomic E-state index is 12.1. The lowest BCUT2D eigenvalue weighted by Gasteiger charge is -2.10. The quantitative estimate of drug-likeness (QED) is 0.734. The SMILES string of the molecule is NC(=S)c1cc(Br)ccc1NC(=O)c1csc(Br)c1. The van der Waals surface area contributed by atoms with E-state index < -0.39 is 0 Å². The number of hydrogen-bond acceptors (Lipinski definition) is 3. The Labute approximate surface area is 136 Å². The fourth-order valence-corrected chi connectivity index (χ4v) is 3.12. The number of thiophene rings is 1. The van der Waals surface area contributed by atoms with E-state index in [9.17, 15) is 4.79 Å². The van der Waals surface area contributed by atoms with E-state index in [1.807, 2.05) is 6.07 Å². The van der Waals surface area contributed by atoms with Crippen LogP contribution in [0.4, 0.5) is 5.69 Å².